The van der Waals surface area contributed by atoms with Crippen molar-refractivity contribution >= 4 is 11.6 Å². The van der Waals surface area contributed by atoms with Crippen LogP contribution < -0.4 is 5.73 Å². The lowest BCUT2D eigenvalue weighted by molar-refractivity contribution is 0.350. The molecule has 0 heterocycles. The van der Waals surface area contributed by atoms with Crippen LogP contribution in [0, 0.1) is 11.8 Å². The lowest BCUT2D eigenvalue weighted by Gasteiger charge is -1.82. The molecule has 0 aromatic heterocycles. The maximum Gasteiger partial charge on any atom is 0.142 e. The summed E-state index contributed by atoms with van der Waals surface area (Å²) in [6.45, 7) is -0.180. The van der Waals surface area contributed by atoms with Crippen LogP contribution in [0.2, 0.25) is 0 Å². The molecule has 0 spiro atoms. The number of hydrogen-bond donors (Lipinski definition) is 2. The van der Waals surface area contributed by atoms with Crippen LogP contribution in [-0.4, -0.2) is 17.2 Å². The minimum absolute atomic E-state index is 0.180. The normalized spacial score (nSPS) is 11.9. The van der Waals surface area contributed by atoms with Crippen LogP contribution in [0.3, 0.4) is 0 Å². The number of aliphatic hydroxyl groups excluding tert-OH is 1. The van der Waals surface area contributed by atoms with Crippen LogP contribution in [0.25, 0.3) is 0 Å². The number of hydrogen-bond acceptors (Lipinski definition) is 2. The second-order valence-corrected chi connectivity index (χ2v) is 1.35. The van der Waals surface area contributed by atoms with Gasteiger partial charge in [0, 0.05) is 0 Å². The highest BCUT2D eigenvalue weighted by Gasteiger charge is 1.80. The Labute approximate surface area is 47.3 Å². The van der Waals surface area contributed by atoms with Gasteiger partial charge < -0.3 is 10.8 Å². The Morgan fingerprint density at radius 2 is 2.43 bits per heavy atom. The number of aliphatic hydroxyl groups is 1. The second kappa shape index (κ2) is 3.94. The zero-order chi connectivity index (χ0) is 5.70. The highest BCUT2D eigenvalue weighted by atomic mass is 35.5. The summed E-state index contributed by atoms with van der Waals surface area (Å²) in [7, 11) is 0. The van der Waals surface area contributed by atoms with Crippen LogP contribution in [-0.2, 0) is 0 Å². The zero-order valence-corrected chi connectivity index (χ0v) is 4.44. The third kappa shape index (κ3) is 5.77. The summed E-state index contributed by atoms with van der Waals surface area (Å²) in [6.07, 6.45) is 0. The molecule has 0 aliphatic rings. The monoisotopic (exact) mass is 119 g/mol. The molecule has 0 fully saturated rings. The number of alkyl halides is 1. The molecule has 0 bridgehead atoms. The molecule has 0 aromatic rings. The largest absolute Gasteiger partial charge is 0.384 e. The van der Waals surface area contributed by atoms with Crippen molar-refractivity contribution in [3.8, 4) is 11.8 Å². The lowest BCUT2D eigenvalue weighted by atomic mass is 10.6. The minimum atomic E-state index is -0.646. The molecule has 40 valence electrons. The smallest absolute Gasteiger partial charge is 0.142 e. The van der Waals surface area contributed by atoms with Gasteiger partial charge in [0.25, 0.3) is 0 Å². The van der Waals surface area contributed by atoms with Gasteiger partial charge >= 0.3 is 0 Å². The van der Waals surface area contributed by atoms with E-state index < -0.39 is 5.50 Å². The van der Waals surface area contributed by atoms with E-state index in [9.17, 15) is 0 Å². The fraction of sp³-hybridized carbons (Fsp3) is 0.500. The molecule has 0 amide bonds. The third-order valence-electron chi connectivity index (χ3n) is 0.319. The maximum absolute atomic E-state index is 8.03. The first-order valence-corrected chi connectivity index (χ1v) is 2.20. The van der Waals surface area contributed by atoms with Gasteiger partial charge in [0.15, 0.2) is 0 Å². The van der Waals surface area contributed by atoms with E-state index in [0.29, 0.717) is 0 Å². The molecular formula is C4H6ClNO. The van der Waals surface area contributed by atoms with Crippen LogP contribution in [0.15, 0.2) is 0 Å². The number of rotatable bonds is 0. The summed E-state index contributed by atoms with van der Waals surface area (Å²) in [5.41, 5.74) is 4.31. The van der Waals surface area contributed by atoms with Crippen molar-refractivity contribution < 1.29 is 5.11 Å². The summed E-state index contributed by atoms with van der Waals surface area (Å²) < 4.78 is 0. The fourth-order valence-corrected chi connectivity index (χ4v) is 0.220. The molecular weight excluding hydrogens is 114 g/mol. The molecule has 1 atom stereocenters. The first kappa shape index (κ1) is 6.77. The van der Waals surface area contributed by atoms with Crippen molar-refractivity contribution in [1.29, 1.82) is 0 Å². The average molecular weight is 120 g/mol. The molecule has 0 aromatic carbocycles. The van der Waals surface area contributed by atoms with Crippen LogP contribution in [0.4, 0.5) is 0 Å². The molecule has 0 saturated heterocycles. The Kier molecular flexibility index (Phi) is 3.81. The molecule has 0 saturated carbocycles. The van der Waals surface area contributed by atoms with Crippen molar-refractivity contribution in [2.45, 2.75) is 5.50 Å². The molecule has 1 unspecified atom stereocenters. The molecule has 0 rings (SSSR count). The van der Waals surface area contributed by atoms with Gasteiger partial charge in [0.2, 0.25) is 0 Å². The van der Waals surface area contributed by atoms with Gasteiger partial charge in [-0.25, -0.2) is 0 Å². The van der Waals surface area contributed by atoms with E-state index in [0.717, 1.165) is 0 Å². The molecule has 3 heteroatoms. The van der Waals surface area contributed by atoms with E-state index in [4.69, 9.17) is 22.4 Å². The van der Waals surface area contributed by atoms with Gasteiger partial charge in [-0.1, -0.05) is 23.4 Å². The van der Waals surface area contributed by atoms with Gasteiger partial charge in [-0.15, -0.1) is 0 Å². The summed E-state index contributed by atoms with van der Waals surface area (Å²) in [5.74, 6) is 4.63. The van der Waals surface area contributed by atoms with Crippen molar-refractivity contribution in [2.24, 2.45) is 5.73 Å². The molecule has 2 nitrogen and oxygen atoms in total. The van der Waals surface area contributed by atoms with Crippen molar-refractivity contribution in [3.63, 3.8) is 0 Å². The average Bonchev–Trinajstić information content (AvgIpc) is 1.61. The zero-order valence-electron chi connectivity index (χ0n) is 3.69. The summed E-state index contributed by atoms with van der Waals surface area (Å²) in [6, 6.07) is 0. The SMILES string of the molecule is NC(Cl)C#CCO. The van der Waals surface area contributed by atoms with Gasteiger partial charge in [-0.2, -0.15) is 0 Å². The number of halogens is 1. The Morgan fingerprint density at radius 3 is 2.57 bits per heavy atom. The van der Waals surface area contributed by atoms with E-state index in [1.165, 1.54) is 0 Å². The fourth-order valence-electron chi connectivity index (χ4n) is 0.143. The van der Waals surface area contributed by atoms with E-state index >= 15 is 0 Å². The molecule has 3 N–H and O–H groups in total. The topological polar surface area (TPSA) is 46.2 Å². The van der Waals surface area contributed by atoms with E-state index in [1.54, 1.807) is 0 Å². The van der Waals surface area contributed by atoms with Gasteiger partial charge in [-0.3, -0.25) is 0 Å². The van der Waals surface area contributed by atoms with Crippen LogP contribution in [0.5, 0.6) is 0 Å². The first-order valence-electron chi connectivity index (χ1n) is 1.76. The Balaban J connectivity index is 3.24. The standard InChI is InChI=1S/C4H6ClNO/c5-4(6)2-1-3-7/h4,7H,3,6H2. The predicted molar refractivity (Wildman–Crippen MR) is 28.7 cm³/mol. The Hall–Kier alpha value is -0.230. The molecule has 0 aliphatic heterocycles. The van der Waals surface area contributed by atoms with Gasteiger partial charge in [0.05, 0.1) is 0 Å². The number of nitrogens with two attached hydrogens (primary N) is 1. The predicted octanol–water partition coefficient (Wildman–Crippen LogP) is -0.494. The lowest BCUT2D eigenvalue weighted by Crippen LogP contribution is -2.07. The van der Waals surface area contributed by atoms with Crippen molar-refractivity contribution in [3.05, 3.63) is 0 Å². The van der Waals surface area contributed by atoms with Gasteiger partial charge in [0.1, 0.15) is 12.1 Å². The quantitative estimate of drug-likeness (QED) is 0.257. The third-order valence-corrected chi connectivity index (χ3v) is 0.428. The van der Waals surface area contributed by atoms with Crippen molar-refractivity contribution in [1.82, 2.24) is 0 Å². The highest BCUT2D eigenvalue weighted by Crippen LogP contribution is 1.77. The minimum Gasteiger partial charge on any atom is -0.384 e. The Morgan fingerprint density at radius 1 is 1.86 bits per heavy atom. The van der Waals surface area contributed by atoms with Crippen LogP contribution in [0.1, 0.15) is 0 Å². The van der Waals surface area contributed by atoms with Crippen molar-refractivity contribution in [2.75, 3.05) is 6.61 Å². The second-order valence-electron chi connectivity index (χ2n) is 0.881. The maximum atomic E-state index is 8.03. The first-order chi connectivity index (χ1) is 3.27. The molecule has 0 radical (unpaired) electrons. The summed E-state index contributed by atoms with van der Waals surface area (Å²) in [4.78, 5) is 0. The van der Waals surface area contributed by atoms with E-state index in [1.807, 2.05) is 0 Å². The molecule has 0 aliphatic carbocycles. The Bertz CT molecular complexity index is 91.6. The van der Waals surface area contributed by atoms with E-state index in [2.05, 4.69) is 11.8 Å². The summed E-state index contributed by atoms with van der Waals surface area (Å²) >= 11 is 5.15. The van der Waals surface area contributed by atoms with Gasteiger partial charge in [-0.05, 0) is 0 Å². The molecule has 7 heavy (non-hydrogen) atoms. The van der Waals surface area contributed by atoms with Crippen LogP contribution >= 0.6 is 11.6 Å². The summed E-state index contributed by atoms with van der Waals surface area (Å²) in [5, 5.41) is 8.03. The highest BCUT2D eigenvalue weighted by molar-refractivity contribution is 6.21. The van der Waals surface area contributed by atoms with E-state index in [-0.39, 0.29) is 6.61 Å².